The molecule has 14 heavy (non-hydrogen) atoms. The van der Waals surface area contributed by atoms with E-state index in [2.05, 4.69) is 10.3 Å². The molecule has 0 saturated heterocycles. The molecule has 6 heteroatoms. The van der Waals surface area contributed by atoms with E-state index in [1.165, 1.54) is 11.3 Å². The van der Waals surface area contributed by atoms with Crippen LogP contribution < -0.4 is 5.73 Å². The molecule has 0 aromatic carbocycles. The van der Waals surface area contributed by atoms with E-state index in [-0.39, 0.29) is 0 Å². The summed E-state index contributed by atoms with van der Waals surface area (Å²) >= 11 is 1.29. The van der Waals surface area contributed by atoms with E-state index in [1.807, 2.05) is 12.3 Å². The quantitative estimate of drug-likeness (QED) is 0.612. The molecule has 0 unspecified atom stereocenters. The Bertz CT molecular complexity index is 369. The van der Waals surface area contributed by atoms with Crippen molar-refractivity contribution in [3.05, 3.63) is 15.8 Å². The molecule has 0 radical (unpaired) electrons. The lowest BCUT2D eigenvalue weighted by Gasteiger charge is -2.00. The number of carbonyl (C=O) groups is 1. The summed E-state index contributed by atoms with van der Waals surface area (Å²) in [6, 6.07) is 0. The Labute approximate surface area is 86.2 Å². The molecule has 1 aromatic heterocycles. The second-order valence-electron chi connectivity index (χ2n) is 3.00. The highest BCUT2D eigenvalue weighted by Gasteiger charge is 2.12. The lowest BCUT2D eigenvalue weighted by molar-refractivity contribution is 0.100. The van der Waals surface area contributed by atoms with Crippen molar-refractivity contribution < 1.29 is 4.79 Å². The largest absolute Gasteiger partial charge is 0.365 e. The third-order valence-electron chi connectivity index (χ3n) is 1.49. The van der Waals surface area contributed by atoms with E-state index < -0.39 is 5.91 Å². The van der Waals surface area contributed by atoms with Crippen molar-refractivity contribution >= 4 is 22.9 Å². The van der Waals surface area contributed by atoms with E-state index in [4.69, 9.17) is 5.73 Å². The predicted octanol–water partition coefficient (Wildman–Crippen LogP) is 1.72. The van der Waals surface area contributed by atoms with Crippen LogP contribution >= 0.6 is 11.3 Å². The van der Waals surface area contributed by atoms with Crippen molar-refractivity contribution in [3.8, 4) is 0 Å². The Hall–Kier alpha value is -1.43. The topological polar surface area (TPSA) is 71.0 Å². The first-order chi connectivity index (χ1) is 6.52. The van der Waals surface area contributed by atoms with Crippen LogP contribution in [0.15, 0.2) is 15.7 Å². The molecule has 1 amide bonds. The Morgan fingerprint density at radius 3 is 2.71 bits per heavy atom. The maximum Gasteiger partial charge on any atom is 0.261 e. The SMILES string of the molecule is Cc1csc(C(N)=O)c1N=NN(C)C. The molecule has 0 spiro atoms. The van der Waals surface area contributed by atoms with Crippen LogP contribution in [0.4, 0.5) is 5.69 Å². The normalized spacial score (nSPS) is 10.8. The van der Waals surface area contributed by atoms with Crippen molar-refractivity contribution in [1.29, 1.82) is 0 Å². The Morgan fingerprint density at radius 1 is 1.57 bits per heavy atom. The van der Waals surface area contributed by atoms with Gasteiger partial charge in [-0.25, -0.2) is 0 Å². The number of nitrogens with zero attached hydrogens (tertiary/aromatic N) is 3. The molecule has 76 valence electrons. The highest BCUT2D eigenvalue weighted by Crippen LogP contribution is 2.30. The Balaban J connectivity index is 3.05. The molecule has 1 rings (SSSR count). The maximum absolute atomic E-state index is 11.0. The molecule has 2 N–H and O–H groups in total. The summed E-state index contributed by atoms with van der Waals surface area (Å²) in [6.45, 7) is 1.87. The minimum absolute atomic E-state index is 0.452. The van der Waals surface area contributed by atoms with Gasteiger partial charge in [0.05, 0.1) is 0 Å². The third kappa shape index (κ3) is 2.29. The summed E-state index contributed by atoms with van der Waals surface area (Å²) in [5.41, 5.74) is 6.67. The second-order valence-corrected chi connectivity index (χ2v) is 3.88. The van der Waals surface area contributed by atoms with Crippen LogP contribution in [0.3, 0.4) is 0 Å². The van der Waals surface area contributed by atoms with Gasteiger partial charge in [0.1, 0.15) is 10.6 Å². The molecule has 1 aromatic rings. The number of nitrogens with two attached hydrogens (primary N) is 1. The molecular formula is C8H12N4OS. The van der Waals surface area contributed by atoms with E-state index >= 15 is 0 Å². The molecule has 0 aliphatic carbocycles. The molecule has 0 aliphatic rings. The summed E-state index contributed by atoms with van der Waals surface area (Å²) in [4.78, 5) is 11.4. The van der Waals surface area contributed by atoms with Gasteiger partial charge in [-0.2, -0.15) is 0 Å². The van der Waals surface area contributed by atoms with Crippen LogP contribution in [-0.4, -0.2) is 25.0 Å². The van der Waals surface area contributed by atoms with E-state index in [0.29, 0.717) is 10.6 Å². The van der Waals surface area contributed by atoms with Gasteiger partial charge in [0.25, 0.3) is 5.91 Å². The summed E-state index contributed by atoms with van der Waals surface area (Å²) in [6.07, 6.45) is 0. The predicted molar refractivity (Wildman–Crippen MR) is 55.8 cm³/mol. The van der Waals surface area contributed by atoms with Crippen LogP contribution in [0, 0.1) is 6.92 Å². The van der Waals surface area contributed by atoms with Gasteiger partial charge >= 0.3 is 0 Å². The maximum atomic E-state index is 11.0. The zero-order valence-corrected chi connectivity index (χ0v) is 9.13. The van der Waals surface area contributed by atoms with Gasteiger partial charge in [-0.15, -0.1) is 16.5 Å². The number of hydrogen-bond acceptors (Lipinski definition) is 4. The lowest BCUT2D eigenvalue weighted by atomic mass is 10.3. The van der Waals surface area contributed by atoms with Gasteiger partial charge in [-0.3, -0.25) is 9.80 Å². The average molecular weight is 212 g/mol. The Kier molecular flexibility index (Phi) is 3.19. The zero-order chi connectivity index (χ0) is 10.7. The number of thiophene rings is 1. The first-order valence-corrected chi connectivity index (χ1v) is 4.87. The summed E-state index contributed by atoms with van der Waals surface area (Å²) in [7, 11) is 3.52. The number of amides is 1. The first kappa shape index (κ1) is 10.6. The monoisotopic (exact) mass is 212 g/mol. The number of hydrogen-bond donors (Lipinski definition) is 1. The number of primary amides is 1. The number of rotatable bonds is 3. The Morgan fingerprint density at radius 2 is 2.21 bits per heavy atom. The molecular weight excluding hydrogens is 200 g/mol. The van der Waals surface area contributed by atoms with Crippen LogP contribution in [0.2, 0.25) is 0 Å². The molecule has 0 saturated carbocycles. The van der Waals surface area contributed by atoms with E-state index in [1.54, 1.807) is 19.1 Å². The third-order valence-corrected chi connectivity index (χ3v) is 2.59. The summed E-state index contributed by atoms with van der Waals surface area (Å²) in [5, 5.41) is 11.2. The zero-order valence-electron chi connectivity index (χ0n) is 8.31. The fraction of sp³-hybridized carbons (Fsp3) is 0.375. The van der Waals surface area contributed by atoms with Crippen LogP contribution in [0.1, 0.15) is 15.2 Å². The molecule has 0 atom stereocenters. The highest BCUT2D eigenvalue weighted by atomic mass is 32.1. The summed E-state index contributed by atoms with van der Waals surface area (Å²) < 4.78 is 0. The van der Waals surface area contributed by atoms with Crippen molar-refractivity contribution in [1.82, 2.24) is 5.01 Å². The minimum Gasteiger partial charge on any atom is -0.365 e. The molecule has 0 fully saturated rings. The van der Waals surface area contributed by atoms with Gasteiger partial charge in [-0.1, -0.05) is 5.22 Å². The van der Waals surface area contributed by atoms with Crippen molar-refractivity contribution in [2.45, 2.75) is 6.92 Å². The smallest absolute Gasteiger partial charge is 0.261 e. The van der Waals surface area contributed by atoms with E-state index in [0.717, 1.165) is 5.56 Å². The average Bonchev–Trinajstić information content (AvgIpc) is 2.43. The van der Waals surface area contributed by atoms with Crippen LogP contribution in [-0.2, 0) is 0 Å². The van der Waals surface area contributed by atoms with Crippen molar-refractivity contribution in [2.75, 3.05) is 14.1 Å². The van der Waals surface area contributed by atoms with Crippen LogP contribution in [0.25, 0.3) is 0 Å². The van der Waals surface area contributed by atoms with Gasteiger partial charge in [0.15, 0.2) is 0 Å². The van der Waals surface area contributed by atoms with Crippen molar-refractivity contribution in [3.63, 3.8) is 0 Å². The molecule has 1 heterocycles. The summed E-state index contributed by atoms with van der Waals surface area (Å²) in [5.74, 6) is -0.462. The molecule has 0 aliphatic heterocycles. The van der Waals surface area contributed by atoms with Crippen LogP contribution in [0.5, 0.6) is 0 Å². The van der Waals surface area contributed by atoms with Gasteiger partial charge in [-0.05, 0) is 17.9 Å². The lowest BCUT2D eigenvalue weighted by Crippen LogP contribution is -2.09. The fourth-order valence-electron chi connectivity index (χ4n) is 0.871. The number of carbonyl (C=O) groups excluding carboxylic acids is 1. The minimum atomic E-state index is -0.462. The van der Waals surface area contributed by atoms with Crippen molar-refractivity contribution in [2.24, 2.45) is 16.1 Å². The fourth-order valence-corrected chi connectivity index (χ4v) is 1.71. The highest BCUT2D eigenvalue weighted by molar-refractivity contribution is 7.12. The van der Waals surface area contributed by atoms with Gasteiger partial charge in [0.2, 0.25) is 0 Å². The molecule has 5 nitrogen and oxygen atoms in total. The number of aryl methyl sites for hydroxylation is 1. The van der Waals surface area contributed by atoms with Gasteiger partial charge < -0.3 is 5.73 Å². The molecule has 0 bridgehead atoms. The van der Waals surface area contributed by atoms with Gasteiger partial charge in [0, 0.05) is 14.1 Å². The second kappa shape index (κ2) is 4.19. The first-order valence-electron chi connectivity index (χ1n) is 3.99. The van der Waals surface area contributed by atoms with E-state index in [9.17, 15) is 4.79 Å². The standard InChI is InChI=1S/C8H12N4OS/c1-5-4-14-7(8(9)13)6(5)10-11-12(2)3/h4H,1-3H3,(H2,9,13).